The summed E-state index contributed by atoms with van der Waals surface area (Å²) in [6.45, 7) is 6.18. The van der Waals surface area contributed by atoms with E-state index in [2.05, 4.69) is 31.0 Å². The summed E-state index contributed by atoms with van der Waals surface area (Å²) >= 11 is 0. The van der Waals surface area contributed by atoms with Crippen molar-refractivity contribution in [2.75, 3.05) is 0 Å². The Hall–Kier alpha value is -0.992. The van der Waals surface area contributed by atoms with Crippen molar-refractivity contribution >= 4 is 12.0 Å². The van der Waals surface area contributed by atoms with Crippen LogP contribution in [0.25, 0.3) is 6.08 Å². The molecule has 1 aliphatic carbocycles. The molecule has 4 nitrogen and oxygen atoms in total. The van der Waals surface area contributed by atoms with E-state index >= 15 is 0 Å². The zero-order valence-electron chi connectivity index (χ0n) is 14.3. The Balaban J connectivity index is 0.00000208. The molecule has 2 heterocycles. The number of fused-ring (bicyclic) bond motifs is 1. The largest absolute Gasteiger partial charge is 2.00 e. The number of carbonyl (C=O) groups excluding carboxylic acids is 1. The van der Waals surface area contributed by atoms with Gasteiger partial charge in [0.1, 0.15) is 6.10 Å². The first kappa shape index (κ1) is 19.3. The van der Waals surface area contributed by atoms with Crippen LogP contribution < -0.4 is 0 Å². The number of nitrogens with zero attached hydrogens (tertiary/aromatic N) is 1. The second-order valence-corrected chi connectivity index (χ2v) is 6.93. The molecule has 128 valence electrons. The molecule has 0 amide bonds. The van der Waals surface area contributed by atoms with Gasteiger partial charge in [-0.3, -0.25) is 4.98 Å². The molecule has 0 aromatic carbocycles. The average Bonchev–Trinajstić information content (AvgIpc) is 2.74. The molecular formula is C19H24NO3W+. The summed E-state index contributed by atoms with van der Waals surface area (Å²) in [5.41, 5.74) is -0.490. The van der Waals surface area contributed by atoms with Crippen LogP contribution in [0.1, 0.15) is 39.3 Å². The number of hydrogen-bond acceptors (Lipinski definition) is 4. The minimum Gasteiger partial charge on any atom is -0.460 e. The van der Waals surface area contributed by atoms with E-state index in [0.29, 0.717) is 12.3 Å². The van der Waals surface area contributed by atoms with E-state index in [1.54, 1.807) is 6.20 Å². The minimum atomic E-state index is -1.35. The van der Waals surface area contributed by atoms with Gasteiger partial charge in [-0.1, -0.05) is 38.6 Å². The molecule has 0 bridgehead atoms. The Labute approximate surface area is 158 Å². The van der Waals surface area contributed by atoms with Gasteiger partial charge in [-0.25, -0.2) is 16.9 Å². The standard InChI is InChI=1S/C19H24NO3.W/c1-4-15-12(2)11-19(22)17(13(3)23-18(19)21)16(15)9-8-14-7-5-6-10-20-14;/h5,7-10,12-13,15-17,22H,4,11H2,1-3H3;/q-1;+2/b9-8+;. The summed E-state index contributed by atoms with van der Waals surface area (Å²) in [6, 6.07) is 6.63. The van der Waals surface area contributed by atoms with Gasteiger partial charge in [-0.2, -0.15) is 6.07 Å². The van der Waals surface area contributed by atoms with Crippen LogP contribution in [0.5, 0.6) is 0 Å². The topological polar surface area (TPSA) is 59.4 Å². The van der Waals surface area contributed by atoms with Crippen LogP contribution in [-0.4, -0.2) is 27.8 Å². The molecule has 1 saturated carbocycles. The van der Waals surface area contributed by atoms with Gasteiger partial charge >= 0.3 is 27.0 Å². The van der Waals surface area contributed by atoms with Gasteiger partial charge in [0, 0.05) is 5.92 Å². The van der Waals surface area contributed by atoms with Crippen LogP contribution in [0.4, 0.5) is 0 Å². The molecule has 3 rings (SSSR count). The molecular weight excluding hydrogens is 474 g/mol. The molecule has 6 unspecified atom stereocenters. The van der Waals surface area contributed by atoms with Crippen molar-refractivity contribution in [3.8, 4) is 0 Å². The Morgan fingerprint density at radius 3 is 2.88 bits per heavy atom. The number of cyclic esters (lactones) is 1. The minimum absolute atomic E-state index is 0. The maximum Gasteiger partial charge on any atom is 2.00 e. The molecule has 1 saturated heterocycles. The first-order valence-corrected chi connectivity index (χ1v) is 8.41. The molecule has 6 atom stereocenters. The number of ether oxygens (including phenoxy) is 1. The molecule has 1 N–H and O–H groups in total. The molecule has 2 aliphatic rings. The van der Waals surface area contributed by atoms with Crippen molar-refractivity contribution < 1.29 is 35.7 Å². The summed E-state index contributed by atoms with van der Waals surface area (Å²) in [7, 11) is 0. The number of esters is 1. The monoisotopic (exact) mass is 498 g/mol. The fourth-order valence-corrected chi connectivity index (χ4v) is 4.58. The molecule has 2 fully saturated rings. The fourth-order valence-electron chi connectivity index (χ4n) is 4.58. The third-order valence-corrected chi connectivity index (χ3v) is 5.58. The van der Waals surface area contributed by atoms with E-state index in [1.807, 2.05) is 25.1 Å². The van der Waals surface area contributed by atoms with Gasteiger partial charge in [0.2, 0.25) is 0 Å². The number of rotatable bonds is 3. The second-order valence-electron chi connectivity index (χ2n) is 6.93. The molecule has 0 radical (unpaired) electrons. The number of carbonyl (C=O) groups is 1. The number of aliphatic hydroxyl groups is 1. The third kappa shape index (κ3) is 3.23. The maximum atomic E-state index is 12.2. The van der Waals surface area contributed by atoms with E-state index in [9.17, 15) is 9.90 Å². The first-order valence-electron chi connectivity index (χ1n) is 8.41. The molecule has 5 heteroatoms. The Bertz CT molecular complexity index is 606. The Morgan fingerprint density at radius 1 is 1.50 bits per heavy atom. The first-order chi connectivity index (χ1) is 11.0. The van der Waals surface area contributed by atoms with Gasteiger partial charge in [0.25, 0.3) is 0 Å². The number of aromatic nitrogens is 1. The van der Waals surface area contributed by atoms with Gasteiger partial charge in [-0.15, -0.1) is 0 Å². The summed E-state index contributed by atoms with van der Waals surface area (Å²) in [6.07, 6.45) is 6.97. The van der Waals surface area contributed by atoms with Crippen LogP contribution in [0.2, 0.25) is 0 Å². The molecule has 1 aromatic rings. The maximum absolute atomic E-state index is 12.2. The third-order valence-electron chi connectivity index (χ3n) is 5.58. The zero-order valence-corrected chi connectivity index (χ0v) is 17.2. The average molecular weight is 498 g/mol. The quantitative estimate of drug-likeness (QED) is 0.515. The second kappa shape index (κ2) is 7.49. The summed E-state index contributed by atoms with van der Waals surface area (Å²) in [4.78, 5) is 16.5. The summed E-state index contributed by atoms with van der Waals surface area (Å²) in [5.74, 6) is 0.140. The van der Waals surface area contributed by atoms with Crippen LogP contribution >= 0.6 is 0 Å². The molecule has 1 aliphatic heterocycles. The zero-order chi connectivity index (χ0) is 16.6. The van der Waals surface area contributed by atoms with E-state index in [1.165, 1.54) is 0 Å². The predicted molar refractivity (Wildman–Crippen MR) is 87.2 cm³/mol. The van der Waals surface area contributed by atoms with Crippen molar-refractivity contribution in [3.05, 3.63) is 36.2 Å². The SMILES string of the molecule is CCC1C(C)CC2(O)C(=O)OC(C)C2C1/C=C/c1cc[c-]cn1.[W+2]. The Morgan fingerprint density at radius 2 is 2.25 bits per heavy atom. The van der Waals surface area contributed by atoms with Crippen molar-refractivity contribution in [3.63, 3.8) is 0 Å². The van der Waals surface area contributed by atoms with E-state index in [4.69, 9.17) is 4.74 Å². The number of allylic oxidation sites excluding steroid dienone is 1. The van der Waals surface area contributed by atoms with Crippen molar-refractivity contribution in [2.24, 2.45) is 23.7 Å². The molecule has 0 spiro atoms. The normalized spacial score (nSPS) is 38.5. The molecule has 1 aromatic heterocycles. The summed E-state index contributed by atoms with van der Waals surface area (Å²) in [5, 5.41) is 11.0. The van der Waals surface area contributed by atoms with Gasteiger partial charge in [0.15, 0.2) is 5.60 Å². The van der Waals surface area contributed by atoms with E-state index in [0.717, 1.165) is 12.1 Å². The van der Waals surface area contributed by atoms with Crippen LogP contribution in [-0.2, 0) is 30.6 Å². The number of hydrogen-bond donors (Lipinski definition) is 1. The smallest absolute Gasteiger partial charge is 0.460 e. The van der Waals surface area contributed by atoms with Crippen molar-refractivity contribution in [1.29, 1.82) is 0 Å². The summed E-state index contributed by atoms with van der Waals surface area (Å²) < 4.78 is 5.39. The van der Waals surface area contributed by atoms with Crippen LogP contribution in [0.3, 0.4) is 0 Å². The van der Waals surface area contributed by atoms with Gasteiger partial charge in [-0.05, 0) is 36.8 Å². The van der Waals surface area contributed by atoms with Crippen LogP contribution in [0, 0.1) is 29.7 Å². The van der Waals surface area contributed by atoms with Crippen molar-refractivity contribution in [2.45, 2.75) is 45.3 Å². The Kier molecular flexibility index (Phi) is 6.04. The number of pyridine rings is 1. The van der Waals surface area contributed by atoms with E-state index < -0.39 is 11.6 Å². The van der Waals surface area contributed by atoms with Gasteiger partial charge in [0.05, 0.1) is 0 Å². The molecule has 24 heavy (non-hydrogen) atoms. The van der Waals surface area contributed by atoms with E-state index in [-0.39, 0.29) is 44.9 Å². The van der Waals surface area contributed by atoms with Gasteiger partial charge < -0.3 is 9.84 Å². The van der Waals surface area contributed by atoms with Crippen molar-refractivity contribution in [1.82, 2.24) is 4.98 Å². The fraction of sp³-hybridized carbons (Fsp3) is 0.579. The predicted octanol–water partition coefficient (Wildman–Crippen LogP) is 2.87. The van der Waals surface area contributed by atoms with Crippen LogP contribution in [0.15, 0.2) is 24.4 Å².